The van der Waals surface area contributed by atoms with E-state index in [9.17, 15) is 5.26 Å². The molecule has 0 saturated carbocycles. The standard InChI is InChI=1S/C19H18N2O2/c1-13-7-3-4-8-14(13)18-19(11-20)12-22-16-10-6-5-9-15(16)17(19)21(2)23-18/h3-10,17-18H,12H2,1-2H3. The number of hydroxylamine groups is 2. The molecule has 2 aromatic rings. The van der Waals surface area contributed by atoms with Gasteiger partial charge in [-0.2, -0.15) is 10.3 Å². The Morgan fingerprint density at radius 1 is 1.13 bits per heavy atom. The van der Waals surface area contributed by atoms with Crippen LogP contribution in [0.25, 0.3) is 0 Å². The molecule has 0 bridgehead atoms. The van der Waals surface area contributed by atoms with Gasteiger partial charge in [0.2, 0.25) is 0 Å². The number of rotatable bonds is 1. The van der Waals surface area contributed by atoms with Gasteiger partial charge >= 0.3 is 0 Å². The molecule has 2 aromatic carbocycles. The molecule has 0 N–H and O–H groups in total. The molecule has 2 aliphatic rings. The van der Waals surface area contributed by atoms with Crippen LogP contribution in [0.2, 0.25) is 0 Å². The monoisotopic (exact) mass is 306 g/mol. The van der Waals surface area contributed by atoms with Crippen molar-refractivity contribution in [2.75, 3.05) is 13.7 Å². The predicted octanol–water partition coefficient (Wildman–Crippen LogP) is 3.56. The number of nitrogens with zero attached hydrogens (tertiary/aromatic N) is 2. The van der Waals surface area contributed by atoms with E-state index in [-0.39, 0.29) is 12.1 Å². The molecule has 4 rings (SSSR count). The fourth-order valence-electron chi connectivity index (χ4n) is 3.82. The molecule has 1 saturated heterocycles. The van der Waals surface area contributed by atoms with Gasteiger partial charge in [-0.3, -0.25) is 4.84 Å². The highest BCUT2D eigenvalue weighted by Gasteiger charge is 2.60. The van der Waals surface area contributed by atoms with Crippen LogP contribution in [-0.4, -0.2) is 18.7 Å². The summed E-state index contributed by atoms with van der Waals surface area (Å²) in [6, 6.07) is 18.4. The van der Waals surface area contributed by atoms with E-state index < -0.39 is 5.41 Å². The lowest BCUT2D eigenvalue weighted by molar-refractivity contribution is -0.147. The van der Waals surface area contributed by atoms with E-state index in [1.165, 1.54) is 0 Å². The molecule has 116 valence electrons. The van der Waals surface area contributed by atoms with E-state index in [1.807, 2.05) is 54.6 Å². The number of hydrogen-bond donors (Lipinski definition) is 0. The molecule has 3 unspecified atom stereocenters. The van der Waals surface area contributed by atoms with Crippen LogP contribution in [0, 0.1) is 23.7 Å². The van der Waals surface area contributed by atoms with Crippen molar-refractivity contribution in [2.24, 2.45) is 5.41 Å². The summed E-state index contributed by atoms with van der Waals surface area (Å²) in [6.45, 7) is 2.38. The van der Waals surface area contributed by atoms with E-state index in [2.05, 4.69) is 19.1 Å². The average Bonchev–Trinajstić information content (AvgIpc) is 2.89. The second-order valence-corrected chi connectivity index (χ2v) is 6.27. The maximum absolute atomic E-state index is 10.1. The van der Waals surface area contributed by atoms with Crippen molar-refractivity contribution in [3.8, 4) is 11.8 Å². The highest BCUT2D eigenvalue weighted by atomic mass is 16.7. The third-order valence-corrected chi connectivity index (χ3v) is 4.95. The molecule has 1 fully saturated rings. The molecule has 0 aliphatic carbocycles. The summed E-state index contributed by atoms with van der Waals surface area (Å²) < 4.78 is 5.94. The fourth-order valence-corrected chi connectivity index (χ4v) is 3.82. The third-order valence-electron chi connectivity index (χ3n) is 4.95. The van der Waals surface area contributed by atoms with Crippen molar-refractivity contribution < 1.29 is 9.57 Å². The summed E-state index contributed by atoms with van der Waals surface area (Å²) in [4.78, 5) is 6.16. The Balaban J connectivity index is 1.88. The van der Waals surface area contributed by atoms with Crippen LogP contribution in [-0.2, 0) is 4.84 Å². The van der Waals surface area contributed by atoms with Gasteiger partial charge in [-0.15, -0.1) is 0 Å². The zero-order valence-electron chi connectivity index (χ0n) is 13.2. The quantitative estimate of drug-likeness (QED) is 0.808. The van der Waals surface area contributed by atoms with Crippen molar-refractivity contribution in [1.29, 1.82) is 5.26 Å². The molecular weight excluding hydrogens is 288 g/mol. The summed E-state index contributed by atoms with van der Waals surface area (Å²) in [5.41, 5.74) is 2.43. The van der Waals surface area contributed by atoms with Crippen LogP contribution in [0.3, 0.4) is 0 Å². The molecule has 3 atom stereocenters. The van der Waals surface area contributed by atoms with Gasteiger partial charge in [-0.1, -0.05) is 42.5 Å². The highest BCUT2D eigenvalue weighted by Crippen LogP contribution is 2.58. The predicted molar refractivity (Wildman–Crippen MR) is 85.5 cm³/mol. The van der Waals surface area contributed by atoms with E-state index in [0.29, 0.717) is 6.61 Å². The van der Waals surface area contributed by atoms with Gasteiger partial charge in [0, 0.05) is 12.6 Å². The topological polar surface area (TPSA) is 45.5 Å². The Labute approximate surface area is 135 Å². The first kappa shape index (κ1) is 14.3. The van der Waals surface area contributed by atoms with Crippen molar-refractivity contribution >= 4 is 0 Å². The smallest absolute Gasteiger partial charge is 0.145 e. The molecule has 0 amide bonds. The third kappa shape index (κ3) is 1.91. The van der Waals surface area contributed by atoms with Crippen LogP contribution in [0.5, 0.6) is 5.75 Å². The largest absolute Gasteiger partial charge is 0.491 e. The van der Waals surface area contributed by atoms with Gasteiger partial charge in [0.05, 0.1) is 12.1 Å². The lowest BCUT2D eigenvalue weighted by Crippen LogP contribution is -2.40. The second-order valence-electron chi connectivity index (χ2n) is 6.27. The number of para-hydroxylation sites is 1. The van der Waals surface area contributed by atoms with Crippen LogP contribution >= 0.6 is 0 Å². The fraction of sp³-hybridized carbons (Fsp3) is 0.316. The summed E-state index contributed by atoms with van der Waals surface area (Å²) in [6.07, 6.45) is -0.336. The van der Waals surface area contributed by atoms with E-state index in [4.69, 9.17) is 9.57 Å². The first-order chi connectivity index (χ1) is 11.2. The Hall–Kier alpha value is -2.35. The van der Waals surface area contributed by atoms with Gasteiger partial charge in [-0.25, -0.2) is 0 Å². The molecule has 2 aliphatic heterocycles. The number of nitriles is 1. The average molecular weight is 306 g/mol. The number of aryl methyl sites for hydroxylation is 1. The van der Waals surface area contributed by atoms with E-state index >= 15 is 0 Å². The summed E-state index contributed by atoms with van der Waals surface area (Å²) in [5, 5.41) is 11.9. The summed E-state index contributed by atoms with van der Waals surface area (Å²) >= 11 is 0. The molecule has 0 radical (unpaired) electrons. The van der Waals surface area contributed by atoms with Crippen LogP contribution < -0.4 is 4.74 Å². The molecule has 4 heteroatoms. The molecule has 0 aromatic heterocycles. The van der Waals surface area contributed by atoms with Crippen molar-refractivity contribution in [2.45, 2.75) is 19.1 Å². The Morgan fingerprint density at radius 3 is 2.57 bits per heavy atom. The first-order valence-corrected chi connectivity index (χ1v) is 7.75. The maximum Gasteiger partial charge on any atom is 0.145 e. The zero-order valence-corrected chi connectivity index (χ0v) is 13.2. The molecule has 0 spiro atoms. The number of benzene rings is 2. The lowest BCUT2D eigenvalue weighted by Gasteiger charge is -2.37. The van der Waals surface area contributed by atoms with Gasteiger partial charge < -0.3 is 4.74 Å². The zero-order chi connectivity index (χ0) is 16.0. The van der Waals surface area contributed by atoms with Gasteiger partial charge in [0.1, 0.15) is 23.9 Å². The Morgan fingerprint density at radius 2 is 1.83 bits per heavy atom. The highest BCUT2D eigenvalue weighted by molar-refractivity contribution is 5.44. The SMILES string of the molecule is Cc1ccccc1C1ON(C)C2c3ccccc3OCC12C#N. The minimum absolute atomic E-state index is 0.137. The van der Waals surface area contributed by atoms with Gasteiger partial charge in [0.15, 0.2) is 0 Å². The second kappa shape index (κ2) is 5.09. The Kier molecular flexibility index (Phi) is 3.15. The van der Waals surface area contributed by atoms with Crippen LogP contribution in [0.4, 0.5) is 0 Å². The minimum Gasteiger partial charge on any atom is -0.491 e. The molecular formula is C19H18N2O2. The first-order valence-electron chi connectivity index (χ1n) is 7.75. The normalized spacial score (nSPS) is 29.3. The lowest BCUT2D eigenvalue weighted by atomic mass is 9.71. The molecule has 4 nitrogen and oxygen atoms in total. The number of hydrogen-bond acceptors (Lipinski definition) is 4. The summed E-state index contributed by atoms with van der Waals surface area (Å²) in [5.74, 6) is 0.837. The van der Waals surface area contributed by atoms with E-state index in [0.717, 1.165) is 22.4 Å². The maximum atomic E-state index is 10.1. The van der Waals surface area contributed by atoms with Crippen LogP contribution in [0.1, 0.15) is 28.8 Å². The minimum atomic E-state index is -0.755. The van der Waals surface area contributed by atoms with Crippen molar-refractivity contribution in [3.05, 3.63) is 65.2 Å². The summed E-state index contributed by atoms with van der Waals surface area (Å²) in [7, 11) is 1.90. The van der Waals surface area contributed by atoms with E-state index in [1.54, 1.807) is 0 Å². The number of fused-ring (bicyclic) bond motifs is 3. The van der Waals surface area contributed by atoms with Crippen LogP contribution in [0.15, 0.2) is 48.5 Å². The van der Waals surface area contributed by atoms with Gasteiger partial charge in [-0.05, 0) is 24.1 Å². The molecule has 23 heavy (non-hydrogen) atoms. The number of ether oxygens (including phenoxy) is 1. The molecule has 2 heterocycles. The van der Waals surface area contributed by atoms with Crippen molar-refractivity contribution in [3.63, 3.8) is 0 Å². The Bertz CT molecular complexity index is 798. The van der Waals surface area contributed by atoms with Crippen molar-refractivity contribution in [1.82, 2.24) is 5.06 Å². The van der Waals surface area contributed by atoms with Gasteiger partial charge in [0.25, 0.3) is 0 Å².